The number of nitrogens with one attached hydrogen (secondary N) is 1. The van der Waals surface area contributed by atoms with Gasteiger partial charge in [-0.3, -0.25) is 4.79 Å². The van der Waals surface area contributed by atoms with E-state index in [1.165, 1.54) is 0 Å². The predicted molar refractivity (Wildman–Crippen MR) is 75.5 cm³/mol. The Labute approximate surface area is 116 Å². The third-order valence-corrected chi connectivity index (χ3v) is 2.71. The number of nitrogens with zero attached hydrogens (tertiary/aromatic N) is 1. The molecule has 0 fully saturated rings. The fourth-order valence-electron chi connectivity index (χ4n) is 1.65. The average molecular weight is 267 g/mol. The van der Waals surface area contributed by atoms with Gasteiger partial charge in [-0.2, -0.15) is 5.26 Å². The maximum absolute atomic E-state index is 11.5. The summed E-state index contributed by atoms with van der Waals surface area (Å²) in [6, 6.07) is 13.5. The lowest BCUT2D eigenvalue weighted by Gasteiger charge is -2.09. The molecule has 20 heavy (non-hydrogen) atoms. The summed E-state index contributed by atoms with van der Waals surface area (Å²) >= 11 is 0. The highest BCUT2D eigenvalue weighted by atomic mass is 16.5. The van der Waals surface area contributed by atoms with Crippen LogP contribution in [0.15, 0.2) is 42.5 Å². The van der Waals surface area contributed by atoms with Crippen molar-refractivity contribution in [2.45, 2.75) is 0 Å². The summed E-state index contributed by atoms with van der Waals surface area (Å²) < 4.78 is 5.61. The Morgan fingerprint density at radius 1 is 1.25 bits per heavy atom. The number of rotatable bonds is 3. The summed E-state index contributed by atoms with van der Waals surface area (Å²) in [7, 11) is 1.56. The van der Waals surface area contributed by atoms with Crippen LogP contribution >= 0.6 is 0 Å². The normalized spacial score (nSPS) is 9.60. The minimum atomic E-state index is -0.207. The second kappa shape index (κ2) is 5.76. The van der Waals surface area contributed by atoms with Gasteiger partial charge in [0.1, 0.15) is 11.5 Å². The molecule has 2 aromatic rings. The second-order valence-electron chi connectivity index (χ2n) is 4.07. The van der Waals surface area contributed by atoms with Gasteiger partial charge in [-0.15, -0.1) is 0 Å². The molecular formula is C15H13N3O2. The van der Waals surface area contributed by atoms with E-state index < -0.39 is 0 Å². The lowest BCUT2D eigenvalue weighted by Crippen LogP contribution is -2.17. The molecule has 0 atom stereocenters. The molecule has 0 aliphatic rings. The van der Waals surface area contributed by atoms with Gasteiger partial charge >= 0.3 is 0 Å². The number of nitrogens with two attached hydrogens (primary N) is 1. The molecule has 100 valence electrons. The van der Waals surface area contributed by atoms with Crippen LogP contribution in [0.3, 0.4) is 0 Å². The van der Waals surface area contributed by atoms with Crippen LogP contribution in [0.5, 0.6) is 11.5 Å². The van der Waals surface area contributed by atoms with Gasteiger partial charge in [-0.25, -0.2) is 0 Å². The van der Waals surface area contributed by atoms with Crippen molar-refractivity contribution in [2.24, 2.45) is 0 Å². The molecule has 1 amide bonds. The number of hydrogen-bond acceptors (Lipinski definition) is 4. The number of benzene rings is 2. The first-order valence-corrected chi connectivity index (χ1v) is 5.93. The lowest BCUT2D eigenvalue weighted by molar-refractivity contribution is 0.0963. The minimum Gasteiger partial charge on any atom is -0.455 e. The molecule has 0 unspecified atom stereocenters. The number of carbonyl (C=O) groups excluding carboxylic acids is 1. The van der Waals surface area contributed by atoms with E-state index in [9.17, 15) is 4.79 Å². The molecule has 0 bridgehead atoms. The molecule has 0 aliphatic heterocycles. The smallest absolute Gasteiger partial charge is 0.251 e. The van der Waals surface area contributed by atoms with Crippen molar-refractivity contribution in [3.8, 4) is 17.6 Å². The molecule has 3 N–H and O–H groups in total. The van der Waals surface area contributed by atoms with Crippen LogP contribution in [0.4, 0.5) is 5.69 Å². The zero-order valence-electron chi connectivity index (χ0n) is 10.9. The average Bonchev–Trinajstić information content (AvgIpc) is 2.49. The molecule has 0 heterocycles. The molecule has 0 spiro atoms. The lowest BCUT2D eigenvalue weighted by atomic mass is 10.1. The fourth-order valence-corrected chi connectivity index (χ4v) is 1.65. The SMILES string of the molecule is CNC(=O)c1ccc(Oc2ccc(C#N)cc2)c(N)c1. The molecule has 2 aromatic carbocycles. The zero-order valence-corrected chi connectivity index (χ0v) is 10.9. The van der Waals surface area contributed by atoms with E-state index >= 15 is 0 Å². The van der Waals surface area contributed by atoms with E-state index in [1.807, 2.05) is 6.07 Å². The van der Waals surface area contributed by atoms with Crippen LogP contribution in [-0.2, 0) is 0 Å². The Balaban J connectivity index is 2.21. The highest BCUT2D eigenvalue weighted by molar-refractivity contribution is 5.95. The van der Waals surface area contributed by atoms with E-state index in [-0.39, 0.29) is 5.91 Å². The first kappa shape index (κ1) is 13.4. The molecule has 5 heteroatoms. The number of anilines is 1. The Bertz CT molecular complexity index is 673. The van der Waals surface area contributed by atoms with Gasteiger partial charge in [0.05, 0.1) is 17.3 Å². The summed E-state index contributed by atoms with van der Waals surface area (Å²) in [5.74, 6) is 0.826. The highest BCUT2D eigenvalue weighted by Gasteiger charge is 2.08. The molecule has 5 nitrogen and oxygen atoms in total. The highest BCUT2D eigenvalue weighted by Crippen LogP contribution is 2.28. The summed E-state index contributed by atoms with van der Waals surface area (Å²) in [6.45, 7) is 0. The standard InChI is InChI=1S/C15H13N3O2/c1-18-15(19)11-4-7-14(13(17)8-11)20-12-5-2-10(9-16)3-6-12/h2-8H,17H2,1H3,(H,18,19). The minimum absolute atomic E-state index is 0.207. The van der Waals surface area contributed by atoms with Crippen molar-refractivity contribution in [1.82, 2.24) is 5.32 Å². The van der Waals surface area contributed by atoms with Gasteiger partial charge < -0.3 is 15.8 Å². The van der Waals surface area contributed by atoms with Crippen LogP contribution in [-0.4, -0.2) is 13.0 Å². The summed E-state index contributed by atoms with van der Waals surface area (Å²) in [6.07, 6.45) is 0. The van der Waals surface area contributed by atoms with Gasteiger partial charge in [0.2, 0.25) is 0 Å². The van der Waals surface area contributed by atoms with Crippen LogP contribution in [0, 0.1) is 11.3 Å². The van der Waals surface area contributed by atoms with Crippen LogP contribution in [0.1, 0.15) is 15.9 Å². The predicted octanol–water partition coefficient (Wildman–Crippen LogP) is 2.29. The van der Waals surface area contributed by atoms with Gasteiger partial charge in [0.25, 0.3) is 5.91 Å². The van der Waals surface area contributed by atoms with E-state index in [2.05, 4.69) is 5.32 Å². The van der Waals surface area contributed by atoms with Crippen molar-refractivity contribution in [1.29, 1.82) is 5.26 Å². The van der Waals surface area contributed by atoms with E-state index in [0.717, 1.165) is 0 Å². The van der Waals surface area contributed by atoms with Crippen molar-refractivity contribution < 1.29 is 9.53 Å². The quantitative estimate of drug-likeness (QED) is 0.835. The van der Waals surface area contributed by atoms with Crippen LogP contribution in [0.25, 0.3) is 0 Å². The van der Waals surface area contributed by atoms with Gasteiger partial charge in [-0.05, 0) is 42.5 Å². The van der Waals surface area contributed by atoms with E-state index in [0.29, 0.717) is 28.3 Å². The fraction of sp³-hybridized carbons (Fsp3) is 0.0667. The Morgan fingerprint density at radius 3 is 2.50 bits per heavy atom. The topological polar surface area (TPSA) is 88.1 Å². The van der Waals surface area contributed by atoms with Crippen LogP contribution in [0.2, 0.25) is 0 Å². The van der Waals surface area contributed by atoms with Crippen LogP contribution < -0.4 is 15.8 Å². The number of amides is 1. The zero-order chi connectivity index (χ0) is 14.5. The maximum Gasteiger partial charge on any atom is 0.251 e. The summed E-state index contributed by atoms with van der Waals surface area (Å²) in [5, 5.41) is 11.2. The van der Waals surface area contributed by atoms with Crippen molar-refractivity contribution in [3.05, 3.63) is 53.6 Å². The molecule has 0 saturated heterocycles. The Morgan fingerprint density at radius 2 is 1.95 bits per heavy atom. The van der Waals surface area contributed by atoms with Crippen molar-refractivity contribution in [2.75, 3.05) is 12.8 Å². The van der Waals surface area contributed by atoms with E-state index in [1.54, 1.807) is 49.5 Å². The number of nitrogen functional groups attached to an aromatic ring is 1. The number of carbonyl (C=O) groups is 1. The number of hydrogen-bond donors (Lipinski definition) is 2. The summed E-state index contributed by atoms with van der Waals surface area (Å²) in [5.41, 5.74) is 7.26. The second-order valence-corrected chi connectivity index (χ2v) is 4.07. The first-order chi connectivity index (χ1) is 9.63. The Hall–Kier alpha value is -3.00. The molecule has 2 rings (SSSR count). The van der Waals surface area contributed by atoms with Gasteiger partial charge in [0.15, 0.2) is 0 Å². The third-order valence-electron chi connectivity index (χ3n) is 2.71. The van der Waals surface area contributed by atoms with Gasteiger partial charge in [-0.1, -0.05) is 0 Å². The first-order valence-electron chi connectivity index (χ1n) is 5.93. The third kappa shape index (κ3) is 2.87. The molecular weight excluding hydrogens is 254 g/mol. The molecule has 0 aliphatic carbocycles. The molecule has 0 radical (unpaired) electrons. The van der Waals surface area contributed by atoms with Crippen molar-refractivity contribution >= 4 is 11.6 Å². The molecule has 0 saturated carbocycles. The monoisotopic (exact) mass is 267 g/mol. The number of nitriles is 1. The Kier molecular flexibility index (Phi) is 3.87. The summed E-state index contributed by atoms with van der Waals surface area (Å²) in [4.78, 5) is 11.5. The van der Waals surface area contributed by atoms with Crippen molar-refractivity contribution in [3.63, 3.8) is 0 Å². The van der Waals surface area contributed by atoms with E-state index in [4.69, 9.17) is 15.7 Å². The number of ether oxygens (including phenoxy) is 1. The molecule has 0 aromatic heterocycles. The van der Waals surface area contributed by atoms with Gasteiger partial charge in [0, 0.05) is 12.6 Å². The largest absolute Gasteiger partial charge is 0.455 e. The maximum atomic E-state index is 11.5.